The molecular weight excluding hydrogens is 1820 g/mol. The Morgan fingerprint density at radius 2 is 0.450 bits per heavy atom. The lowest BCUT2D eigenvalue weighted by Gasteiger charge is -2.31. The highest BCUT2D eigenvalue weighted by atomic mass is 16.5. The zero-order valence-corrected chi connectivity index (χ0v) is 80.2. The van der Waals surface area contributed by atoms with Gasteiger partial charge in [0.25, 0.3) is 0 Å². The number of hydrogen-bond acceptors (Lipinski definition) is 10. The Morgan fingerprint density at radius 1 is 0.154 bits per heavy atom. The summed E-state index contributed by atoms with van der Waals surface area (Å²) in [5.41, 5.74) is 42.4. The number of benzene rings is 22. The lowest BCUT2D eigenvalue weighted by molar-refractivity contribution is 0.602. The molecule has 0 spiro atoms. The highest BCUT2D eigenvalue weighted by Gasteiger charge is 2.50. The number of rotatable bonds is 5. The SMILES string of the molecule is c1ccc2c(c1)B1Oc3cc(-n4c5ccccc5c5ccccc54)ccc3N1c1ccccc1-2.c1ccc2c(c1)B1Oc3ccc(-n4c5ccccc5c5cc(-n6c7ccccc7c7ccccc76)ccc54)cc3N1c1ccccc1-2.c1ccc2c(c1)OB1c3ccc(-c4cccc5c4oc4ccccc45)cc3-c3ccccc3N12.c1ccc2c(c1)OB1c3ccccc3-c3cc(-c4cccc5c4oc4ccccc45)ccc3N12. The molecular formula is C132H81B4N7O6. The molecule has 13 nitrogen and oxygen atoms in total. The lowest BCUT2D eigenvalue weighted by atomic mass is 9.64. The van der Waals surface area contributed by atoms with Crippen LogP contribution in [0.1, 0.15) is 0 Å². The largest absolute Gasteiger partial charge is 0.536 e. The van der Waals surface area contributed by atoms with Crippen LogP contribution in [0.15, 0.2) is 500 Å². The van der Waals surface area contributed by atoms with E-state index in [2.05, 4.69) is 476 Å². The number of furan rings is 2. The molecule has 0 radical (unpaired) electrons. The van der Waals surface area contributed by atoms with Crippen molar-refractivity contribution in [2.45, 2.75) is 0 Å². The van der Waals surface area contributed by atoms with Gasteiger partial charge in [-0.1, -0.05) is 334 Å². The van der Waals surface area contributed by atoms with E-state index in [4.69, 9.17) is 27.5 Å². The van der Waals surface area contributed by atoms with Crippen LogP contribution < -0.4 is 59.7 Å². The first-order chi connectivity index (χ1) is 73.9. The summed E-state index contributed by atoms with van der Waals surface area (Å²) in [4.78, 5) is 9.33. The number of anilines is 8. The van der Waals surface area contributed by atoms with Crippen molar-refractivity contribution in [1.82, 2.24) is 13.7 Å². The predicted octanol–water partition coefficient (Wildman–Crippen LogP) is 30.8. The van der Waals surface area contributed by atoms with Crippen LogP contribution in [0.5, 0.6) is 23.0 Å². The summed E-state index contributed by atoms with van der Waals surface area (Å²) in [5.74, 6) is 3.66. The van der Waals surface area contributed by atoms with Crippen molar-refractivity contribution in [2.75, 3.05) is 19.2 Å². The van der Waals surface area contributed by atoms with Crippen LogP contribution in [-0.2, 0) is 0 Å². The second-order valence-corrected chi connectivity index (χ2v) is 39.3. The maximum atomic E-state index is 6.68. The molecule has 0 aliphatic carbocycles. The van der Waals surface area contributed by atoms with Gasteiger partial charge in [-0.15, -0.1) is 0 Å². The van der Waals surface area contributed by atoms with E-state index in [1.54, 1.807) is 0 Å². The van der Waals surface area contributed by atoms with Gasteiger partial charge >= 0.3 is 28.2 Å². The second kappa shape index (κ2) is 32.5. The molecule has 0 unspecified atom stereocenters. The summed E-state index contributed by atoms with van der Waals surface area (Å²) in [7, 11) is -0.670. The summed E-state index contributed by atoms with van der Waals surface area (Å²) < 4.78 is 46.0. The van der Waals surface area contributed by atoms with E-state index in [-0.39, 0.29) is 28.2 Å². The van der Waals surface area contributed by atoms with Crippen LogP contribution in [0.25, 0.3) is 193 Å². The Labute approximate surface area is 857 Å². The van der Waals surface area contributed by atoms with Crippen LogP contribution in [-0.4, -0.2) is 41.9 Å². The number of hydrogen-bond donors (Lipinski definition) is 0. The normalized spacial score (nSPS) is 13.3. The minimum absolute atomic E-state index is 0.147. The van der Waals surface area contributed by atoms with Gasteiger partial charge in [0.1, 0.15) is 45.3 Å². The fourth-order valence-corrected chi connectivity index (χ4v) is 25.0. The number of para-hydroxylation sites is 16. The third kappa shape index (κ3) is 12.4. The van der Waals surface area contributed by atoms with Crippen molar-refractivity contribution in [2.24, 2.45) is 0 Å². The highest BCUT2D eigenvalue weighted by Crippen LogP contribution is 2.56. The van der Waals surface area contributed by atoms with Crippen molar-refractivity contribution in [3.05, 3.63) is 491 Å². The molecule has 8 aliphatic rings. The Morgan fingerprint density at radius 3 is 0.933 bits per heavy atom. The molecule has 0 saturated heterocycles. The van der Waals surface area contributed by atoms with Gasteiger partial charge in [-0.3, -0.25) is 0 Å². The number of aromatic nitrogens is 3. The van der Waals surface area contributed by atoms with E-state index >= 15 is 0 Å². The van der Waals surface area contributed by atoms with Gasteiger partial charge in [0.2, 0.25) is 0 Å². The first kappa shape index (κ1) is 83.0. The fraction of sp³-hybridized carbons (Fsp3) is 0. The van der Waals surface area contributed by atoms with E-state index in [0.29, 0.717) is 0 Å². The lowest BCUT2D eigenvalue weighted by Crippen LogP contribution is -2.50. The summed E-state index contributed by atoms with van der Waals surface area (Å²) in [5, 5.41) is 12.1. The van der Waals surface area contributed by atoms with Gasteiger partial charge in [-0.2, -0.15) is 0 Å². The monoisotopic (exact) mass is 1900 g/mol. The van der Waals surface area contributed by atoms with E-state index < -0.39 is 0 Å². The topological polar surface area (TPSA) is 90.9 Å². The van der Waals surface area contributed by atoms with Crippen molar-refractivity contribution >= 4 is 205 Å². The van der Waals surface area contributed by atoms with Crippen LogP contribution in [0.2, 0.25) is 0 Å². The first-order valence-electron chi connectivity index (χ1n) is 50.9. The summed E-state index contributed by atoms with van der Waals surface area (Å²) >= 11 is 0. The highest BCUT2D eigenvalue weighted by molar-refractivity contribution is 6.79. The van der Waals surface area contributed by atoms with Gasteiger partial charge in [0.05, 0.1) is 55.8 Å². The zero-order valence-electron chi connectivity index (χ0n) is 80.2. The Kier molecular flexibility index (Phi) is 18.1. The van der Waals surface area contributed by atoms with Crippen molar-refractivity contribution in [3.63, 3.8) is 0 Å². The molecule has 0 saturated carbocycles. The Hall–Kier alpha value is -19.5. The Bertz CT molecular complexity index is 10300. The van der Waals surface area contributed by atoms with E-state index in [1.807, 2.05) is 48.5 Å². The molecule has 27 aromatic rings. The van der Waals surface area contributed by atoms with Crippen LogP contribution in [0.4, 0.5) is 45.5 Å². The standard InChI is InChI=1S/C42H26BN3O.C30H19BN2O.2C30H18BNO2/c1-6-16-35-29(11-1)30-12-5-10-20-40(30)46-41-26-28(22-24-42(41)47-43(35)46)45-38-19-9-4-15-33(38)34-25-27(21-23-39(34)45)44-36-17-7-2-13-31(36)32-14-3-8-18-37(32)44;1-5-13-25-21(9-1)22-10-4-8-16-28(22)33-29-18-17-20(19-30(29)34-31(25)33)32-26-14-6-2-11-23(26)24-12-3-7-15-27(24)32;1-3-12-26-21(8-1)24-18-19(16-17-25(24)31-32(26)27-13-4-6-15-29(27)34-31)20-10-7-11-23-22-9-2-5-14-28(22)33-30(20)23;1-3-12-25-21(8-1)24-18-19(16-17-26(24)32-27-13-4-6-15-29(27)34-31(25)32)20-10-7-11-23-22-9-2-5-14-28(22)33-30(20)23/h1-26H;1-19H;2*1-18H. The number of nitrogens with zero attached hydrogens (tertiary/aromatic N) is 7. The van der Waals surface area contributed by atoms with Crippen LogP contribution >= 0.6 is 0 Å². The fourth-order valence-electron chi connectivity index (χ4n) is 25.0. The second-order valence-electron chi connectivity index (χ2n) is 39.3. The Balaban J connectivity index is 0.0000000888. The van der Waals surface area contributed by atoms with Crippen molar-refractivity contribution in [1.29, 1.82) is 0 Å². The van der Waals surface area contributed by atoms with E-state index in [1.165, 1.54) is 149 Å². The van der Waals surface area contributed by atoms with Gasteiger partial charge in [0, 0.05) is 133 Å². The van der Waals surface area contributed by atoms with E-state index in [9.17, 15) is 0 Å². The molecule has 0 bridgehead atoms. The average molecular weight is 1900 g/mol. The van der Waals surface area contributed by atoms with Crippen LogP contribution in [0, 0.1) is 0 Å². The average Bonchev–Trinajstić information content (AvgIpc) is 1.62. The van der Waals surface area contributed by atoms with Crippen molar-refractivity contribution < 1.29 is 27.5 Å². The van der Waals surface area contributed by atoms with E-state index in [0.717, 1.165) is 135 Å². The smallest absolute Gasteiger partial charge is 0.524 e. The molecule has 692 valence electrons. The summed E-state index contributed by atoms with van der Waals surface area (Å²) in [6, 6.07) is 174. The molecule has 17 heteroatoms. The third-order valence-electron chi connectivity index (χ3n) is 31.5. The minimum Gasteiger partial charge on any atom is -0.536 e. The molecule has 8 aliphatic heterocycles. The quantitative estimate of drug-likeness (QED) is 0.155. The van der Waals surface area contributed by atoms with Crippen LogP contribution in [0.3, 0.4) is 0 Å². The van der Waals surface area contributed by atoms with Gasteiger partial charge in [0.15, 0.2) is 0 Å². The molecule has 0 amide bonds. The summed E-state index contributed by atoms with van der Waals surface area (Å²) in [6.07, 6.45) is 0. The van der Waals surface area contributed by atoms with Crippen molar-refractivity contribution in [3.8, 4) is 107 Å². The minimum atomic E-state index is -0.196. The maximum absolute atomic E-state index is 6.68. The maximum Gasteiger partial charge on any atom is 0.524 e. The van der Waals surface area contributed by atoms with Gasteiger partial charge in [-0.05, 0) is 207 Å². The zero-order chi connectivity index (χ0) is 97.3. The molecule has 22 aromatic carbocycles. The molecule has 5 aromatic heterocycles. The predicted molar refractivity (Wildman–Crippen MR) is 614 cm³/mol. The molecule has 35 rings (SSSR count). The molecule has 0 fully saturated rings. The molecule has 13 heterocycles. The summed E-state index contributed by atoms with van der Waals surface area (Å²) in [6.45, 7) is 0. The molecule has 149 heavy (non-hydrogen) atoms. The number of fused-ring (bicyclic) bond motifs is 47. The third-order valence-corrected chi connectivity index (χ3v) is 31.5. The molecule has 0 atom stereocenters. The molecule has 0 N–H and O–H groups in total. The van der Waals surface area contributed by atoms with Gasteiger partial charge in [-0.25, -0.2) is 0 Å². The van der Waals surface area contributed by atoms with Gasteiger partial charge < -0.3 is 60.4 Å². The first-order valence-corrected chi connectivity index (χ1v) is 50.9.